The van der Waals surface area contributed by atoms with Crippen LogP contribution >= 0.6 is 0 Å². The van der Waals surface area contributed by atoms with Crippen molar-refractivity contribution in [3.8, 4) is 11.1 Å². The number of benzene rings is 2. The van der Waals surface area contributed by atoms with Crippen LogP contribution in [0, 0.1) is 20.8 Å². The molecule has 5 heteroatoms. The number of hydrogen-bond acceptors (Lipinski definition) is 3. The summed E-state index contributed by atoms with van der Waals surface area (Å²) in [7, 11) is 0. The summed E-state index contributed by atoms with van der Waals surface area (Å²) in [5, 5.41) is 7.63. The number of fused-ring (bicyclic) bond motifs is 1. The average molecular weight is 370 g/mol. The van der Waals surface area contributed by atoms with Gasteiger partial charge >= 0.3 is 0 Å². The second kappa shape index (κ2) is 7.27. The fraction of sp³-hybridized carbons (Fsp3) is 0.174. The van der Waals surface area contributed by atoms with Gasteiger partial charge in [0.15, 0.2) is 5.65 Å². The summed E-state index contributed by atoms with van der Waals surface area (Å²) in [5.74, 6) is -0.149. The highest BCUT2D eigenvalue weighted by molar-refractivity contribution is 5.95. The summed E-state index contributed by atoms with van der Waals surface area (Å²) < 4.78 is 1.76. The lowest BCUT2D eigenvalue weighted by Crippen LogP contribution is -2.25. The highest BCUT2D eigenvalue weighted by Crippen LogP contribution is 2.27. The number of aryl methyl sites for hydroxylation is 3. The number of rotatable bonds is 4. The molecule has 0 atom stereocenters. The molecule has 5 nitrogen and oxygen atoms in total. The van der Waals surface area contributed by atoms with E-state index >= 15 is 0 Å². The van der Waals surface area contributed by atoms with Gasteiger partial charge in [-0.1, -0.05) is 54.6 Å². The fourth-order valence-corrected chi connectivity index (χ4v) is 3.45. The summed E-state index contributed by atoms with van der Waals surface area (Å²) in [6.45, 7) is 6.39. The van der Waals surface area contributed by atoms with Gasteiger partial charge in [-0.3, -0.25) is 4.79 Å². The number of nitrogens with one attached hydrogen (secondary N) is 1. The van der Waals surface area contributed by atoms with Crippen LogP contribution in [0.5, 0.6) is 0 Å². The Labute approximate surface area is 164 Å². The third kappa shape index (κ3) is 3.16. The number of aromatic nitrogens is 3. The van der Waals surface area contributed by atoms with Gasteiger partial charge in [-0.05, 0) is 37.5 Å². The minimum Gasteiger partial charge on any atom is -0.348 e. The molecule has 28 heavy (non-hydrogen) atoms. The van der Waals surface area contributed by atoms with Crippen molar-refractivity contribution in [3.63, 3.8) is 0 Å². The first-order chi connectivity index (χ1) is 13.6. The SMILES string of the molecule is Cc1ccccc1CNC(=O)c1cnc2c(-c3ccccc3)c(C)nn2c1C. The normalized spacial score (nSPS) is 11.0. The van der Waals surface area contributed by atoms with E-state index in [0.29, 0.717) is 12.1 Å². The molecule has 0 saturated carbocycles. The zero-order chi connectivity index (χ0) is 19.7. The molecule has 140 valence electrons. The van der Waals surface area contributed by atoms with Crippen molar-refractivity contribution in [1.82, 2.24) is 19.9 Å². The van der Waals surface area contributed by atoms with Gasteiger partial charge in [-0.15, -0.1) is 0 Å². The molecule has 4 rings (SSSR count). The molecular weight excluding hydrogens is 348 g/mol. The van der Waals surface area contributed by atoms with E-state index in [1.807, 2.05) is 75.4 Å². The Morgan fingerprint density at radius 2 is 1.71 bits per heavy atom. The first-order valence-corrected chi connectivity index (χ1v) is 9.29. The van der Waals surface area contributed by atoms with E-state index in [0.717, 1.165) is 39.3 Å². The van der Waals surface area contributed by atoms with E-state index in [4.69, 9.17) is 0 Å². The summed E-state index contributed by atoms with van der Waals surface area (Å²) in [6.07, 6.45) is 1.64. The van der Waals surface area contributed by atoms with Gasteiger partial charge in [0.05, 0.1) is 17.0 Å². The van der Waals surface area contributed by atoms with Crippen molar-refractivity contribution in [1.29, 1.82) is 0 Å². The van der Waals surface area contributed by atoms with Crippen LogP contribution in [0.3, 0.4) is 0 Å². The highest BCUT2D eigenvalue weighted by atomic mass is 16.1. The van der Waals surface area contributed by atoms with E-state index in [1.165, 1.54) is 0 Å². The summed E-state index contributed by atoms with van der Waals surface area (Å²) in [4.78, 5) is 17.3. The van der Waals surface area contributed by atoms with Gasteiger partial charge < -0.3 is 5.32 Å². The van der Waals surface area contributed by atoms with E-state index in [1.54, 1.807) is 10.7 Å². The van der Waals surface area contributed by atoms with Crippen LogP contribution in [0.2, 0.25) is 0 Å². The van der Waals surface area contributed by atoms with Crippen molar-refractivity contribution in [2.45, 2.75) is 27.3 Å². The molecule has 0 aliphatic heterocycles. The molecule has 0 spiro atoms. The van der Waals surface area contributed by atoms with E-state index in [9.17, 15) is 4.79 Å². The van der Waals surface area contributed by atoms with Gasteiger partial charge in [0, 0.05) is 18.3 Å². The fourth-order valence-electron chi connectivity index (χ4n) is 3.45. The quantitative estimate of drug-likeness (QED) is 0.584. The molecule has 0 radical (unpaired) electrons. The predicted octanol–water partition coefficient (Wildman–Crippen LogP) is 4.25. The summed E-state index contributed by atoms with van der Waals surface area (Å²) >= 11 is 0. The molecule has 2 aromatic heterocycles. The van der Waals surface area contributed by atoms with Gasteiger partial charge in [-0.25, -0.2) is 9.50 Å². The number of carbonyl (C=O) groups is 1. The molecule has 0 bridgehead atoms. The molecule has 2 heterocycles. The lowest BCUT2D eigenvalue weighted by molar-refractivity contribution is 0.0949. The summed E-state index contributed by atoms with van der Waals surface area (Å²) in [5.41, 5.74) is 7.28. The molecule has 1 amide bonds. The standard InChI is InChI=1S/C23H22N4O/c1-15-9-7-8-12-19(15)13-25-23(28)20-14-24-22-21(18-10-5-4-6-11-18)16(2)26-27(22)17(20)3/h4-12,14H,13H2,1-3H3,(H,25,28). The molecule has 0 aliphatic carbocycles. The second-order valence-corrected chi connectivity index (χ2v) is 6.93. The van der Waals surface area contributed by atoms with Crippen LogP contribution < -0.4 is 5.32 Å². The molecule has 1 N–H and O–H groups in total. The van der Waals surface area contributed by atoms with Crippen LogP contribution in [0.4, 0.5) is 0 Å². The average Bonchev–Trinajstić information content (AvgIpc) is 3.05. The highest BCUT2D eigenvalue weighted by Gasteiger charge is 2.18. The first-order valence-electron chi connectivity index (χ1n) is 9.29. The van der Waals surface area contributed by atoms with Crippen molar-refractivity contribution >= 4 is 11.6 Å². The lowest BCUT2D eigenvalue weighted by Gasteiger charge is -2.10. The molecule has 0 fully saturated rings. The monoisotopic (exact) mass is 370 g/mol. The van der Waals surface area contributed by atoms with Crippen LogP contribution in [-0.2, 0) is 6.54 Å². The van der Waals surface area contributed by atoms with E-state index in [-0.39, 0.29) is 5.91 Å². The minimum absolute atomic E-state index is 0.149. The Morgan fingerprint density at radius 1 is 1.00 bits per heavy atom. The van der Waals surface area contributed by atoms with Gasteiger partial charge in [-0.2, -0.15) is 5.10 Å². The molecular formula is C23H22N4O. The van der Waals surface area contributed by atoms with Crippen molar-refractivity contribution in [3.05, 3.63) is 88.9 Å². The van der Waals surface area contributed by atoms with Crippen LogP contribution in [0.1, 0.15) is 32.9 Å². The maximum atomic E-state index is 12.8. The Balaban J connectivity index is 1.67. The van der Waals surface area contributed by atoms with Crippen molar-refractivity contribution < 1.29 is 4.79 Å². The Kier molecular flexibility index (Phi) is 4.65. The lowest BCUT2D eigenvalue weighted by atomic mass is 10.1. The number of amides is 1. The Morgan fingerprint density at radius 3 is 2.46 bits per heavy atom. The maximum Gasteiger partial charge on any atom is 0.254 e. The topological polar surface area (TPSA) is 59.3 Å². The van der Waals surface area contributed by atoms with Crippen LogP contribution in [0.25, 0.3) is 16.8 Å². The van der Waals surface area contributed by atoms with Crippen LogP contribution in [0.15, 0.2) is 60.8 Å². The number of nitrogens with zero attached hydrogens (tertiary/aromatic N) is 3. The molecule has 2 aromatic carbocycles. The largest absolute Gasteiger partial charge is 0.348 e. The van der Waals surface area contributed by atoms with Gasteiger partial charge in [0.2, 0.25) is 0 Å². The second-order valence-electron chi connectivity index (χ2n) is 6.93. The van der Waals surface area contributed by atoms with Crippen molar-refractivity contribution in [2.24, 2.45) is 0 Å². The maximum absolute atomic E-state index is 12.8. The van der Waals surface area contributed by atoms with Gasteiger partial charge in [0.1, 0.15) is 0 Å². The van der Waals surface area contributed by atoms with Crippen LogP contribution in [-0.4, -0.2) is 20.5 Å². The smallest absolute Gasteiger partial charge is 0.254 e. The number of hydrogen-bond donors (Lipinski definition) is 1. The Bertz CT molecular complexity index is 1160. The van der Waals surface area contributed by atoms with E-state index in [2.05, 4.69) is 15.4 Å². The first kappa shape index (κ1) is 17.9. The summed E-state index contributed by atoms with van der Waals surface area (Å²) in [6, 6.07) is 18.1. The zero-order valence-electron chi connectivity index (χ0n) is 16.2. The third-order valence-electron chi connectivity index (χ3n) is 5.07. The molecule has 0 unspecified atom stereocenters. The molecule has 0 aliphatic rings. The number of carbonyl (C=O) groups excluding carboxylic acids is 1. The molecule has 4 aromatic rings. The van der Waals surface area contributed by atoms with E-state index < -0.39 is 0 Å². The zero-order valence-corrected chi connectivity index (χ0v) is 16.2. The molecule has 0 saturated heterocycles. The predicted molar refractivity (Wildman–Crippen MR) is 110 cm³/mol. The van der Waals surface area contributed by atoms with Gasteiger partial charge in [0.25, 0.3) is 5.91 Å². The van der Waals surface area contributed by atoms with Crippen molar-refractivity contribution in [2.75, 3.05) is 0 Å². The Hall–Kier alpha value is -3.47. The third-order valence-corrected chi connectivity index (χ3v) is 5.07. The minimum atomic E-state index is -0.149.